The van der Waals surface area contributed by atoms with Crippen molar-refractivity contribution in [2.75, 3.05) is 5.73 Å². The van der Waals surface area contributed by atoms with E-state index in [1.807, 2.05) is 0 Å². The predicted octanol–water partition coefficient (Wildman–Crippen LogP) is 1.17. The van der Waals surface area contributed by atoms with Gasteiger partial charge in [0.2, 0.25) is 5.95 Å². The van der Waals surface area contributed by atoms with Crippen LogP contribution in [0.1, 0.15) is 12.6 Å². The molecular weight excluding hydrogens is 152 g/mol. The topological polar surface area (TPSA) is 51.8 Å². The van der Waals surface area contributed by atoms with Crippen molar-refractivity contribution in [3.8, 4) is 0 Å². The summed E-state index contributed by atoms with van der Waals surface area (Å²) < 4.78 is 25.0. The van der Waals surface area contributed by atoms with Gasteiger partial charge < -0.3 is 5.73 Å². The third kappa shape index (κ3) is 1.83. The van der Waals surface area contributed by atoms with E-state index in [4.69, 9.17) is 5.73 Å². The van der Waals surface area contributed by atoms with Crippen LogP contribution in [-0.2, 0) is 5.92 Å². The Morgan fingerprint density at radius 1 is 1.55 bits per heavy atom. The number of rotatable bonds is 1. The normalized spacial score (nSPS) is 11.5. The summed E-state index contributed by atoms with van der Waals surface area (Å²) in [7, 11) is 0. The third-order valence-electron chi connectivity index (χ3n) is 1.12. The second kappa shape index (κ2) is 2.41. The molecule has 5 heteroatoms. The molecule has 2 N–H and O–H groups in total. The summed E-state index contributed by atoms with van der Waals surface area (Å²) >= 11 is 0. The van der Waals surface area contributed by atoms with Gasteiger partial charge >= 0.3 is 0 Å². The highest BCUT2D eigenvalue weighted by Crippen LogP contribution is 2.24. The smallest absolute Gasteiger partial charge is 0.287 e. The van der Waals surface area contributed by atoms with E-state index in [1.54, 1.807) is 0 Å². The van der Waals surface area contributed by atoms with Crippen molar-refractivity contribution in [3.05, 3.63) is 18.0 Å². The van der Waals surface area contributed by atoms with Crippen molar-refractivity contribution in [1.82, 2.24) is 9.97 Å². The summed E-state index contributed by atoms with van der Waals surface area (Å²) in [5.74, 6) is -3.08. The summed E-state index contributed by atoms with van der Waals surface area (Å²) in [6.07, 6.45) is 1.20. The van der Waals surface area contributed by atoms with E-state index in [0.717, 1.165) is 13.0 Å². The van der Waals surface area contributed by atoms with Crippen LogP contribution in [0.5, 0.6) is 0 Å². The zero-order valence-corrected chi connectivity index (χ0v) is 5.88. The SMILES string of the molecule is CC(F)(F)c1ccnc(N)n1. The van der Waals surface area contributed by atoms with Gasteiger partial charge in [-0.05, 0) is 6.07 Å². The first-order valence-corrected chi connectivity index (χ1v) is 2.97. The number of nitrogens with zero attached hydrogens (tertiary/aromatic N) is 2. The van der Waals surface area contributed by atoms with Crippen molar-refractivity contribution in [3.63, 3.8) is 0 Å². The van der Waals surface area contributed by atoms with Crippen LogP contribution in [0.25, 0.3) is 0 Å². The molecule has 0 spiro atoms. The molecule has 0 bridgehead atoms. The van der Waals surface area contributed by atoms with Gasteiger partial charge in [-0.3, -0.25) is 0 Å². The molecule has 0 fully saturated rings. The molecule has 0 radical (unpaired) electrons. The van der Waals surface area contributed by atoms with Gasteiger partial charge in [0.05, 0.1) is 0 Å². The van der Waals surface area contributed by atoms with E-state index >= 15 is 0 Å². The lowest BCUT2D eigenvalue weighted by Gasteiger charge is -2.08. The largest absolute Gasteiger partial charge is 0.368 e. The lowest BCUT2D eigenvalue weighted by molar-refractivity contribution is 0.0128. The minimum absolute atomic E-state index is 0.135. The Balaban J connectivity index is 3.06. The highest BCUT2D eigenvalue weighted by atomic mass is 19.3. The highest BCUT2D eigenvalue weighted by Gasteiger charge is 2.25. The maximum atomic E-state index is 12.5. The first-order chi connectivity index (χ1) is 5.00. The lowest BCUT2D eigenvalue weighted by atomic mass is 10.3. The van der Waals surface area contributed by atoms with Gasteiger partial charge in [0.25, 0.3) is 5.92 Å². The fourth-order valence-corrected chi connectivity index (χ4v) is 0.618. The molecule has 0 atom stereocenters. The standard InChI is InChI=1S/C6H7F2N3/c1-6(7,8)4-2-3-10-5(9)11-4/h2-3H,1H3,(H2,9,10,11). The molecule has 0 aliphatic heterocycles. The number of hydrogen-bond acceptors (Lipinski definition) is 3. The van der Waals surface area contributed by atoms with Crippen molar-refractivity contribution >= 4 is 5.95 Å². The predicted molar refractivity (Wildman–Crippen MR) is 36.0 cm³/mol. The number of aromatic nitrogens is 2. The summed E-state index contributed by atoms with van der Waals surface area (Å²) in [5, 5.41) is 0. The average molecular weight is 159 g/mol. The van der Waals surface area contributed by atoms with Gasteiger partial charge in [-0.1, -0.05) is 0 Å². The maximum absolute atomic E-state index is 12.5. The molecule has 0 aliphatic rings. The second-order valence-corrected chi connectivity index (χ2v) is 2.19. The van der Waals surface area contributed by atoms with E-state index < -0.39 is 5.92 Å². The number of anilines is 1. The second-order valence-electron chi connectivity index (χ2n) is 2.19. The van der Waals surface area contributed by atoms with E-state index in [1.165, 1.54) is 6.20 Å². The van der Waals surface area contributed by atoms with Crippen molar-refractivity contribution < 1.29 is 8.78 Å². The molecule has 0 amide bonds. The maximum Gasteiger partial charge on any atom is 0.287 e. The van der Waals surface area contributed by atoms with E-state index in [-0.39, 0.29) is 11.6 Å². The Hall–Kier alpha value is -1.26. The number of halogens is 2. The van der Waals surface area contributed by atoms with Crippen molar-refractivity contribution in [1.29, 1.82) is 0 Å². The molecule has 60 valence electrons. The van der Waals surface area contributed by atoms with Crippen LogP contribution in [-0.4, -0.2) is 9.97 Å². The Kier molecular flexibility index (Phi) is 1.72. The Bertz CT molecular complexity index is 256. The van der Waals surface area contributed by atoms with Crippen LogP contribution in [0.4, 0.5) is 14.7 Å². The van der Waals surface area contributed by atoms with Crippen LogP contribution in [0.2, 0.25) is 0 Å². The minimum atomic E-state index is -2.95. The molecule has 1 aromatic rings. The zero-order valence-electron chi connectivity index (χ0n) is 5.88. The fraction of sp³-hybridized carbons (Fsp3) is 0.333. The average Bonchev–Trinajstić information content (AvgIpc) is 1.86. The molecule has 0 unspecified atom stereocenters. The Labute approximate surface area is 62.3 Å². The molecule has 0 saturated heterocycles. The monoisotopic (exact) mass is 159 g/mol. The van der Waals surface area contributed by atoms with Gasteiger partial charge in [0, 0.05) is 13.1 Å². The third-order valence-corrected chi connectivity index (χ3v) is 1.12. The number of hydrogen-bond donors (Lipinski definition) is 1. The molecule has 1 rings (SSSR count). The van der Waals surface area contributed by atoms with Crippen LogP contribution < -0.4 is 5.73 Å². The Morgan fingerprint density at radius 2 is 2.18 bits per heavy atom. The van der Waals surface area contributed by atoms with Gasteiger partial charge in [0.15, 0.2) is 0 Å². The molecule has 1 heterocycles. The minimum Gasteiger partial charge on any atom is -0.368 e. The van der Waals surface area contributed by atoms with Gasteiger partial charge in [-0.25, -0.2) is 9.97 Å². The quantitative estimate of drug-likeness (QED) is 0.669. The van der Waals surface area contributed by atoms with E-state index in [0.29, 0.717) is 0 Å². The van der Waals surface area contributed by atoms with E-state index in [9.17, 15) is 8.78 Å². The molecule has 0 saturated carbocycles. The first kappa shape index (κ1) is 7.84. The highest BCUT2D eigenvalue weighted by molar-refractivity contribution is 5.19. The molecule has 11 heavy (non-hydrogen) atoms. The number of nitrogens with two attached hydrogens (primary N) is 1. The fourth-order valence-electron chi connectivity index (χ4n) is 0.618. The number of nitrogen functional groups attached to an aromatic ring is 1. The van der Waals surface area contributed by atoms with Crippen LogP contribution in [0.15, 0.2) is 12.3 Å². The first-order valence-electron chi connectivity index (χ1n) is 2.97. The van der Waals surface area contributed by atoms with Crippen molar-refractivity contribution in [2.45, 2.75) is 12.8 Å². The van der Waals surface area contributed by atoms with Crippen LogP contribution >= 0.6 is 0 Å². The van der Waals surface area contributed by atoms with Crippen molar-refractivity contribution in [2.24, 2.45) is 0 Å². The molecule has 3 nitrogen and oxygen atoms in total. The van der Waals surface area contributed by atoms with E-state index in [2.05, 4.69) is 9.97 Å². The summed E-state index contributed by atoms with van der Waals surface area (Å²) in [6.45, 7) is 0.759. The number of alkyl halides is 2. The summed E-state index contributed by atoms with van der Waals surface area (Å²) in [4.78, 5) is 6.85. The van der Waals surface area contributed by atoms with Gasteiger partial charge in [0.1, 0.15) is 5.69 Å². The Morgan fingerprint density at radius 3 is 2.55 bits per heavy atom. The lowest BCUT2D eigenvalue weighted by Crippen LogP contribution is -2.11. The molecule has 0 aliphatic carbocycles. The van der Waals surface area contributed by atoms with Gasteiger partial charge in [-0.15, -0.1) is 0 Å². The zero-order chi connectivity index (χ0) is 8.48. The molecular formula is C6H7F2N3. The summed E-state index contributed by atoms with van der Waals surface area (Å²) in [5.41, 5.74) is 4.74. The molecule has 1 aromatic heterocycles. The van der Waals surface area contributed by atoms with Gasteiger partial charge in [-0.2, -0.15) is 8.78 Å². The van der Waals surface area contributed by atoms with Crippen LogP contribution in [0, 0.1) is 0 Å². The summed E-state index contributed by atoms with van der Waals surface area (Å²) in [6, 6.07) is 1.14. The van der Waals surface area contributed by atoms with Crippen LogP contribution in [0.3, 0.4) is 0 Å². The molecule has 0 aromatic carbocycles.